The monoisotopic (exact) mass is 372 g/mol. The van der Waals surface area contributed by atoms with Crippen molar-refractivity contribution in [1.29, 1.82) is 0 Å². The Morgan fingerprint density at radius 1 is 1.08 bits per heavy atom. The Bertz CT molecular complexity index is 735. The maximum atomic E-state index is 12.3. The van der Waals surface area contributed by atoms with E-state index in [1.54, 1.807) is 0 Å². The predicted molar refractivity (Wildman–Crippen MR) is 111 cm³/mol. The Hall–Kier alpha value is -1.84. The third-order valence-electron chi connectivity index (χ3n) is 4.91. The van der Waals surface area contributed by atoms with Crippen LogP contribution >= 0.6 is 12.4 Å². The number of carbonyl (C=O) groups is 1. The summed E-state index contributed by atoms with van der Waals surface area (Å²) in [7, 11) is 0. The van der Waals surface area contributed by atoms with Gasteiger partial charge < -0.3 is 10.6 Å². The van der Waals surface area contributed by atoms with E-state index in [1.807, 2.05) is 12.1 Å². The second-order valence-corrected chi connectivity index (χ2v) is 7.90. The maximum absolute atomic E-state index is 12.3. The second-order valence-electron chi connectivity index (χ2n) is 7.90. The van der Waals surface area contributed by atoms with Crippen molar-refractivity contribution >= 4 is 24.0 Å². The molecule has 2 aromatic carbocycles. The smallest absolute Gasteiger partial charge is 0.238 e. The number of hydrogen-bond donors (Lipinski definition) is 2. The molecule has 0 bridgehead atoms. The third-order valence-corrected chi connectivity index (χ3v) is 4.91. The van der Waals surface area contributed by atoms with Crippen LogP contribution in [0.15, 0.2) is 48.5 Å². The zero-order chi connectivity index (χ0) is 17.9. The SMILES string of the molecule is CC(C)(C)c1ccc(NC(=O)CNC2CCCc3ccccc32)cc1.Cl. The molecule has 1 aliphatic carbocycles. The van der Waals surface area contributed by atoms with Gasteiger partial charge in [-0.15, -0.1) is 12.4 Å². The fraction of sp³-hybridized carbons (Fsp3) is 0.409. The van der Waals surface area contributed by atoms with E-state index in [0.717, 1.165) is 18.5 Å². The first-order valence-electron chi connectivity index (χ1n) is 9.15. The molecule has 140 valence electrons. The van der Waals surface area contributed by atoms with Crippen molar-refractivity contribution in [2.24, 2.45) is 0 Å². The minimum Gasteiger partial charge on any atom is -0.325 e. The number of nitrogens with one attached hydrogen (secondary N) is 2. The van der Waals surface area contributed by atoms with Crippen molar-refractivity contribution in [2.45, 2.75) is 51.5 Å². The molecule has 0 saturated carbocycles. The predicted octanol–water partition coefficient (Wildman–Crippen LogP) is 5.01. The van der Waals surface area contributed by atoms with Gasteiger partial charge in [0.15, 0.2) is 0 Å². The number of halogens is 1. The van der Waals surface area contributed by atoms with E-state index in [4.69, 9.17) is 0 Å². The zero-order valence-electron chi connectivity index (χ0n) is 15.8. The van der Waals surface area contributed by atoms with Gasteiger partial charge in [0.2, 0.25) is 5.91 Å². The molecule has 26 heavy (non-hydrogen) atoms. The van der Waals surface area contributed by atoms with Crippen LogP contribution in [0.2, 0.25) is 0 Å². The molecule has 0 radical (unpaired) electrons. The van der Waals surface area contributed by atoms with Gasteiger partial charge in [-0.3, -0.25) is 4.79 Å². The van der Waals surface area contributed by atoms with Crippen molar-refractivity contribution in [3.8, 4) is 0 Å². The van der Waals surface area contributed by atoms with E-state index in [-0.39, 0.29) is 29.8 Å². The molecule has 0 saturated heterocycles. The lowest BCUT2D eigenvalue weighted by atomic mass is 9.87. The van der Waals surface area contributed by atoms with Gasteiger partial charge in [-0.05, 0) is 53.5 Å². The Morgan fingerprint density at radius 3 is 2.46 bits per heavy atom. The highest BCUT2D eigenvalue weighted by Crippen LogP contribution is 2.29. The lowest BCUT2D eigenvalue weighted by Crippen LogP contribution is -2.33. The summed E-state index contributed by atoms with van der Waals surface area (Å²) in [5.74, 6) is 0.00608. The molecule has 1 unspecified atom stereocenters. The fourth-order valence-electron chi connectivity index (χ4n) is 3.44. The van der Waals surface area contributed by atoms with Gasteiger partial charge >= 0.3 is 0 Å². The molecular weight excluding hydrogens is 344 g/mol. The molecular formula is C22H29ClN2O. The van der Waals surface area contributed by atoms with Crippen molar-refractivity contribution in [3.63, 3.8) is 0 Å². The summed E-state index contributed by atoms with van der Waals surface area (Å²) in [5, 5.41) is 6.40. The Balaban J connectivity index is 0.00000243. The molecule has 1 atom stereocenters. The van der Waals surface area contributed by atoms with Gasteiger partial charge in [-0.1, -0.05) is 57.2 Å². The van der Waals surface area contributed by atoms with Crippen LogP contribution in [0.25, 0.3) is 0 Å². The first-order chi connectivity index (χ1) is 11.9. The standard InChI is InChI=1S/C22H28N2O.ClH/c1-22(2,3)17-11-13-18(14-12-17)24-21(25)15-23-20-10-6-8-16-7-4-5-9-19(16)20;/h4-5,7,9,11-14,20,23H,6,8,10,15H2,1-3H3,(H,24,25);1H. The molecule has 0 aromatic heterocycles. The number of amides is 1. The number of anilines is 1. The van der Waals surface area contributed by atoms with Crippen LogP contribution in [0.4, 0.5) is 5.69 Å². The summed E-state index contributed by atoms with van der Waals surface area (Å²) in [6.45, 7) is 6.89. The highest BCUT2D eigenvalue weighted by Gasteiger charge is 2.20. The van der Waals surface area contributed by atoms with Crippen LogP contribution in [-0.4, -0.2) is 12.5 Å². The van der Waals surface area contributed by atoms with E-state index in [2.05, 4.69) is 67.8 Å². The molecule has 2 N–H and O–H groups in total. The normalized spacial score (nSPS) is 16.3. The second kappa shape index (κ2) is 8.70. The molecule has 3 nitrogen and oxygen atoms in total. The number of fused-ring (bicyclic) bond motifs is 1. The average Bonchev–Trinajstić information content (AvgIpc) is 2.59. The Morgan fingerprint density at radius 2 is 1.77 bits per heavy atom. The van der Waals surface area contributed by atoms with Gasteiger partial charge in [-0.25, -0.2) is 0 Å². The van der Waals surface area contributed by atoms with Gasteiger partial charge in [0.1, 0.15) is 0 Å². The minimum absolute atomic E-state index is 0. The van der Waals surface area contributed by atoms with Gasteiger partial charge in [0.25, 0.3) is 0 Å². The summed E-state index contributed by atoms with van der Waals surface area (Å²) >= 11 is 0. The molecule has 0 aliphatic heterocycles. The number of benzene rings is 2. The lowest BCUT2D eigenvalue weighted by Gasteiger charge is -2.26. The van der Waals surface area contributed by atoms with E-state index in [0.29, 0.717) is 6.54 Å². The van der Waals surface area contributed by atoms with E-state index >= 15 is 0 Å². The van der Waals surface area contributed by atoms with Crippen molar-refractivity contribution in [2.75, 3.05) is 11.9 Å². The van der Waals surface area contributed by atoms with Gasteiger partial charge in [0.05, 0.1) is 6.54 Å². The molecule has 0 fully saturated rings. The van der Waals surface area contributed by atoms with Crippen molar-refractivity contribution in [1.82, 2.24) is 5.32 Å². The fourth-order valence-corrected chi connectivity index (χ4v) is 3.44. The molecule has 0 heterocycles. The molecule has 2 aromatic rings. The summed E-state index contributed by atoms with van der Waals surface area (Å²) in [5.41, 5.74) is 4.99. The highest BCUT2D eigenvalue weighted by molar-refractivity contribution is 5.92. The lowest BCUT2D eigenvalue weighted by molar-refractivity contribution is -0.115. The summed E-state index contributed by atoms with van der Waals surface area (Å²) in [6.07, 6.45) is 3.40. The first-order valence-corrected chi connectivity index (χ1v) is 9.15. The topological polar surface area (TPSA) is 41.1 Å². The summed E-state index contributed by atoms with van der Waals surface area (Å²) < 4.78 is 0. The zero-order valence-corrected chi connectivity index (χ0v) is 16.7. The van der Waals surface area contributed by atoms with E-state index in [9.17, 15) is 4.79 Å². The van der Waals surface area contributed by atoms with Crippen LogP contribution < -0.4 is 10.6 Å². The first kappa shape index (κ1) is 20.5. The molecule has 1 aliphatic rings. The summed E-state index contributed by atoms with van der Waals surface area (Å²) in [6, 6.07) is 16.9. The van der Waals surface area contributed by atoms with E-state index in [1.165, 1.54) is 23.1 Å². The molecule has 1 amide bonds. The third kappa shape index (κ3) is 5.09. The highest BCUT2D eigenvalue weighted by atomic mass is 35.5. The molecule has 4 heteroatoms. The number of carbonyl (C=O) groups excluding carboxylic acids is 1. The van der Waals surface area contributed by atoms with Gasteiger partial charge in [0, 0.05) is 11.7 Å². The van der Waals surface area contributed by atoms with Crippen LogP contribution in [0.5, 0.6) is 0 Å². The Labute approximate surface area is 163 Å². The maximum Gasteiger partial charge on any atom is 0.238 e. The van der Waals surface area contributed by atoms with Crippen LogP contribution in [0.3, 0.4) is 0 Å². The van der Waals surface area contributed by atoms with Crippen molar-refractivity contribution in [3.05, 3.63) is 65.2 Å². The Kier molecular flexibility index (Phi) is 6.85. The molecule has 0 spiro atoms. The van der Waals surface area contributed by atoms with Crippen LogP contribution in [-0.2, 0) is 16.6 Å². The van der Waals surface area contributed by atoms with Crippen LogP contribution in [0, 0.1) is 0 Å². The number of rotatable bonds is 4. The van der Waals surface area contributed by atoms with Gasteiger partial charge in [-0.2, -0.15) is 0 Å². The van der Waals surface area contributed by atoms with Crippen LogP contribution in [0.1, 0.15) is 56.3 Å². The minimum atomic E-state index is 0. The average molecular weight is 373 g/mol. The number of hydrogen-bond acceptors (Lipinski definition) is 2. The quantitative estimate of drug-likeness (QED) is 0.791. The number of aryl methyl sites for hydroxylation is 1. The molecule has 3 rings (SSSR count). The van der Waals surface area contributed by atoms with E-state index < -0.39 is 0 Å². The largest absolute Gasteiger partial charge is 0.325 e. The summed E-state index contributed by atoms with van der Waals surface area (Å²) in [4.78, 5) is 12.3. The van der Waals surface area contributed by atoms with Crippen molar-refractivity contribution < 1.29 is 4.79 Å².